The van der Waals surface area contributed by atoms with Gasteiger partial charge in [-0.15, -0.1) is 0 Å². The molecule has 0 bridgehead atoms. The first-order chi connectivity index (χ1) is 18.6. The third kappa shape index (κ3) is 4.14. The van der Waals surface area contributed by atoms with Crippen LogP contribution in [-0.4, -0.2) is 26.2 Å². The van der Waals surface area contributed by atoms with Crippen molar-refractivity contribution in [3.05, 3.63) is 102 Å². The summed E-state index contributed by atoms with van der Waals surface area (Å²) in [5.41, 5.74) is 10.2. The third-order valence-corrected chi connectivity index (χ3v) is 7.36. The summed E-state index contributed by atoms with van der Waals surface area (Å²) in [6.07, 6.45) is 1.99. The van der Waals surface area contributed by atoms with Crippen LogP contribution in [0, 0.1) is 6.92 Å². The summed E-state index contributed by atoms with van der Waals surface area (Å²) in [6, 6.07) is 29.7. The number of imidazole rings is 2. The van der Waals surface area contributed by atoms with Gasteiger partial charge in [-0.1, -0.05) is 61.5 Å². The molecule has 190 valence electrons. The predicted octanol–water partition coefficient (Wildman–Crippen LogP) is 7.57. The van der Waals surface area contributed by atoms with Gasteiger partial charge in [-0.05, 0) is 60.4 Å². The summed E-state index contributed by atoms with van der Waals surface area (Å²) in [7, 11) is 3.81. The molecular formula is C33H32N4O. The van der Waals surface area contributed by atoms with Gasteiger partial charge in [0.1, 0.15) is 17.4 Å². The van der Waals surface area contributed by atoms with Crippen LogP contribution in [-0.2, 0) is 20.0 Å². The second kappa shape index (κ2) is 9.82. The summed E-state index contributed by atoms with van der Waals surface area (Å²) in [5.74, 6) is 2.99. The van der Waals surface area contributed by atoms with Crippen molar-refractivity contribution in [3.8, 4) is 28.3 Å². The largest absolute Gasteiger partial charge is 0.496 e. The van der Waals surface area contributed by atoms with Crippen LogP contribution in [0.1, 0.15) is 30.3 Å². The van der Waals surface area contributed by atoms with Gasteiger partial charge in [-0.2, -0.15) is 0 Å². The Morgan fingerprint density at radius 3 is 2.34 bits per heavy atom. The fraction of sp³-hybridized carbons (Fsp3) is 0.212. The van der Waals surface area contributed by atoms with E-state index in [0.717, 1.165) is 75.5 Å². The zero-order valence-electron chi connectivity index (χ0n) is 22.4. The number of para-hydroxylation sites is 3. The van der Waals surface area contributed by atoms with Crippen molar-refractivity contribution in [1.29, 1.82) is 0 Å². The van der Waals surface area contributed by atoms with Gasteiger partial charge in [0.15, 0.2) is 0 Å². The fourth-order valence-electron chi connectivity index (χ4n) is 5.42. The zero-order chi connectivity index (χ0) is 26.2. The molecule has 5 nitrogen and oxygen atoms in total. The SMILES string of the molecule is CCCc1nc2c(C)cc(-c3nc4ccccc4n3C)cc2n1Cc1ccc(-c2ccccc2OC)cc1. The Balaban J connectivity index is 1.42. The van der Waals surface area contributed by atoms with Gasteiger partial charge in [0.2, 0.25) is 0 Å². The van der Waals surface area contributed by atoms with E-state index in [2.05, 4.69) is 90.7 Å². The molecule has 0 saturated carbocycles. The fourth-order valence-corrected chi connectivity index (χ4v) is 5.42. The molecule has 0 saturated heterocycles. The lowest BCUT2D eigenvalue weighted by atomic mass is 10.0. The van der Waals surface area contributed by atoms with Gasteiger partial charge in [0, 0.05) is 31.1 Å². The molecule has 0 atom stereocenters. The zero-order valence-corrected chi connectivity index (χ0v) is 22.4. The van der Waals surface area contributed by atoms with Crippen LogP contribution in [0.15, 0.2) is 84.9 Å². The van der Waals surface area contributed by atoms with E-state index in [-0.39, 0.29) is 0 Å². The number of aryl methyl sites for hydroxylation is 3. The molecule has 0 spiro atoms. The molecular weight excluding hydrogens is 468 g/mol. The molecule has 5 heteroatoms. The number of ether oxygens (including phenoxy) is 1. The van der Waals surface area contributed by atoms with Crippen LogP contribution in [0.3, 0.4) is 0 Å². The number of aromatic nitrogens is 4. The van der Waals surface area contributed by atoms with Gasteiger partial charge >= 0.3 is 0 Å². The van der Waals surface area contributed by atoms with Crippen molar-refractivity contribution >= 4 is 22.1 Å². The van der Waals surface area contributed by atoms with Gasteiger partial charge in [0.25, 0.3) is 0 Å². The summed E-state index contributed by atoms with van der Waals surface area (Å²) < 4.78 is 10.1. The number of rotatable bonds is 7. The molecule has 0 fully saturated rings. The lowest BCUT2D eigenvalue weighted by molar-refractivity contribution is 0.416. The third-order valence-electron chi connectivity index (χ3n) is 7.36. The molecule has 38 heavy (non-hydrogen) atoms. The molecule has 0 radical (unpaired) electrons. The monoisotopic (exact) mass is 500 g/mol. The number of benzene rings is 4. The second-order valence-corrected chi connectivity index (χ2v) is 9.91. The first-order valence-corrected chi connectivity index (χ1v) is 13.2. The Morgan fingerprint density at radius 1 is 0.816 bits per heavy atom. The van der Waals surface area contributed by atoms with Crippen LogP contribution in [0.5, 0.6) is 5.75 Å². The van der Waals surface area contributed by atoms with Crippen LogP contribution < -0.4 is 4.74 Å². The van der Waals surface area contributed by atoms with Crippen molar-refractivity contribution in [3.63, 3.8) is 0 Å². The summed E-state index contributed by atoms with van der Waals surface area (Å²) in [6.45, 7) is 5.14. The lowest BCUT2D eigenvalue weighted by Crippen LogP contribution is -2.05. The van der Waals surface area contributed by atoms with E-state index in [1.54, 1.807) is 7.11 Å². The highest BCUT2D eigenvalue weighted by atomic mass is 16.5. The molecule has 6 aromatic rings. The van der Waals surface area contributed by atoms with Crippen molar-refractivity contribution in [1.82, 2.24) is 19.1 Å². The van der Waals surface area contributed by atoms with Crippen LogP contribution in [0.4, 0.5) is 0 Å². The normalized spacial score (nSPS) is 11.5. The van der Waals surface area contributed by atoms with Gasteiger partial charge < -0.3 is 13.9 Å². The van der Waals surface area contributed by atoms with E-state index in [4.69, 9.17) is 14.7 Å². The standard InChI is InChI=1S/C33H32N4O/c1-5-10-31-35-32-22(2)19-25(33-34-27-12-7-8-13-28(27)36(33)3)20-29(32)37(31)21-23-15-17-24(18-16-23)26-11-6-9-14-30(26)38-4/h6-9,11-20H,5,10,21H2,1-4H3. The molecule has 0 unspecified atom stereocenters. The van der Waals surface area contributed by atoms with Crippen LogP contribution in [0.25, 0.3) is 44.6 Å². The molecule has 0 aliphatic carbocycles. The maximum Gasteiger partial charge on any atom is 0.140 e. The highest BCUT2D eigenvalue weighted by molar-refractivity contribution is 5.87. The Labute approximate surface area is 223 Å². The Kier molecular flexibility index (Phi) is 6.20. The summed E-state index contributed by atoms with van der Waals surface area (Å²) in [4.78, 5) is 10.1. The first-order valence-electron chi connectivity index (χ1n) is 13.2. The minimum atomic E-state index is 0.767. The van der Waals surface area contributed by atoms with Crippen molar-refractivity contribution in [2.45, 2.75) is 33.2 Å². The molecule has 4 aromatic carbocycles. The first kappa shape index (κ1) is 24.0. The van der Waals surface area contributed by atoms with E-state index >= 15 is 0 Å². The predicted molar refractivity (Wildman–Crippen MR) is 156 cm³/mol. The molecule has 6 rings (SSSR count). The molecule has 0 N–H and O–H groups in total. The van der Waals surface area contributed by atoms with Gasteiger partial charge in [-0.25, -0.2) is 9.97 Å². The van der Waals surface area contributed by atoms with Crippen LogP contribution in [0.2, 0.25) is 0 Å². The highest BCUT2D eigenvalue weighted by Gasteiger charge is 2.17. The van der Waals surface area contributed by atoms with Crippen molar-refractivity contribution in [2.24, 2.45) is 7.05 Å². The molecule has 0 aliphatic heterocycles. The van der Waals surface area contributed by atoms with Gasteiger partial charge in [-0.3, -0.25) is 0 Å². The average molecular weight is 501 g/mol. The van der Waals surface area contributed by atoms with E-state index in [9.17, 15) is 0 Å². The molecule has 2 aromatic heterocycles. The minimum absolute atomic E-state index is 0.767. The average Bonchev–Trinajstić information content (AvgIpc) is 3.47. The minimum Gasteiger partial charge on any atom is -0.496 e. The van der Waals surface area contributed by atoms with E-state index in [1.807, 2.05) is 24.3 Å². The quantitative estimate of drug-likeness (QED) is 0.227. The number of nitrogens with zero attached hydrogens (tertiary/aromatic N) is 4. The maximum absolute atomic E-state index is 5.57. The Bertz CT molecular complexity index is 1760. The summed E-state index contributed by atoms with van der Waals surface area (Å²) >= 11 is 0. The molecule has 0 amide bonds. The highest BCUT2D eigenvalue weighted by Crippen LogP contribution is 2.32. The van der Waals surface area contributed by atoms with Crippen molar-refractivity contribution < 1.29 is 4.74 Å². The number of hydrogen-bond acceptors (Lipinski definition) is 3. The number of hydrogen-bond donors (Lipinski definition) is 0. The smallest absolute Gasteiger partial charge is 0.140 e. The number of methoxy groups -OCH3 is 1. The molecule has 2 heterocycles. The van der Waals surface area contributed by atoms with E-state index < -0.39 is 0 Å². The summed E-state index contributed by atoms with van der Waals surface area (Å²) in [5, 5.41) is 0. The topological polar surface area (TPSA) is 44.9 Å². The number of fused-ring (bicyclic) bond motifs is 2. The Morgan fingerprint density at radius 2 is 1.58 bits per heavy atom. The second-order valence-electron chi connectivity index (χ2n) is 9.91. The van der Waals surface area contributed by atoms with Gasteiger partial charge in [0.05, 0.1) is 29.2 Å². The van der Waals surface area contributed by atoms with E-state index in [0.29, 0.717) is 0 Å². The maximum atomic E-state index is 5.57. The lowest BCUT2D eigenvalue weighted by Gasteiger charge is -2.12. The van der Waals surface area contributed by atoms with Crippen molar-refractivity contribution in [2.75, 3.05) is 7.11 Å². The van der Waals surface area contributed by atoms with E-state index in [1.165, 1.54) is 11.1 Å². The Hall–Kier alpha value is -4.38. The van der Waals surface area contributed by atoms with Crippen LogP contribution >= 0.6 is 0 Å². The molecule has 0 aliphatic rings.